The molecule has 0 atom stereocenters. The number of hydrogen-bond acceptors (Lipinski definition) is 9. The molecule has 0 radical (unpaired) electrons. The van der Waals surface area contributed by atoms with Crippen molar-refractivity contribution >= 4 is 55.5 Å². The third-order valence-corrected chi connectivity index (χ3v) is 5.87. The molecule has 0 aliphatic rings. The zero-order valence-electron chi connectivity index (χ0n) is 12.5. The minimum absolute atomic E-state index is 0.723. The van der Waals surface area contributed by atoms with Gasteiger partial charge in [-0.1, -0.05) is 17.4 Å². The Balaban J connectivity index is 1.53. The van der Waals surface area contributed by atoms with E-state index in [0.717, 1.165) is 36.2 Å². The topological polar surface area (TPSA) is 72.8 Å². The summed E-state index contributed by atoms with van der Waals surface area (Å²) in [7, 11) is 1.64. The summed E-state index contributed by atoms with van der Waals surface area (Å²) in [6, 6.07) is 9.71. The molecule has 0 aliphatic heterocycles. The highest BCUT2D eigenvalue weighted by Crippen LogP contribution is 2.36. The van der Waals surface area contributed by atoms with Crippen molar-refractivity contribution in [2.24, 2.45) is 0 Å². The smallest absolute Gasteiger partial charge is 0.210 e. The first-order chi connectivity index (χ1) is 11.8. The fourth-order valence-corrected chi connectivity index (χ4v) is 4.61. The van der Waals surface area contributed by atoms with E-state index in [2.05, 4.69) is 25.5 Å². The van der Waals surface area contributed by atoms with E-state index in [4.69, 9.17) is 4.74 Å². The molecule has 0 amide bonds. The standard InChI is InChI=1S/C15H11N5OS3/c1-21-10-4-2-3-9(7-10)18-14-19-20-15(24-14)23-13-11-5-6-22-12(11)16-8-17-13/h2-8H,1H3,(H,18,19). The molecule has 6 nitrogen and oxygen atoms in total. The van der Waals surface area contributed by atoms with E-state index in [1.165, 1.54) is 23.1 Å². The van der Waals surface area contributed by atoms with E-state index >= 15 is 0 Å². The summed E-state index contributed by atoms with van der Waals surface area (Å²) in [5.41, 5.74) is 0.907. The van der Waals surface area contributed by atoms with Gasteiger partial charge in [0.1, 0.15) is 21.9 Å². The van der Waals surface area contributed by atoms with Crippen LogP contribution in [-0.4, -0.2) is 27.3 Å². The van der Waals surface area contributed by atoms with Crippen LogP contribution in [-0.2, 0) is 0 Å². The van der Waals surface area contributed by atoms with E-state index < -0.39 is 0 Å². The van der Waals surface area contributed by atoms with Crippen molar-refractivity contribution in [1.82, 2.24) is 20.2 Å². The SMILES string of the molecule is COc1cccc(Nc2nnc(Sc3ncnc4sccc34)s2)c1. The fraction of sp³-hybridized carbons (Fsp3) is 0.0667. The molecule has 0 saturated heterocycles. The maximum atomic E-state index is 5.22. The number of hydrogen-bond donors (Lipinski definition) is 1. The summed E-state index contributed by atoms with van der Waals surface area (Å²) in [4.78, 5) is 9.59. The number of nitrogens with zero attached hydrogens (tertiary/aromatic N) is 4. The summed E-state index contributed by atoms with van der Waals surface area (Å²) in [5.74, 6) is 0.792. The Kier molecular flexibility index (Phi) is 4.28. The summed E-state index contributed by atoms with van der Waals surface area (Å²) in [6.45, 7) is 0. The number of fused-ring (bicyclic) bond motifs is 1. The van der Waals surface area contributed by atoms with E-state index in [1.54, 1.807) is 24.8 Å². The number of methoxy groups -OCH3 is 1. The Morgan fingerprint density at radius 2 is 2.12 bits per heavy atom. The zero-order valence-corrected chi connectivity index (χ0v) is 14.9. The molecular formula is C15H11N5OS3. The Bertz CT molecular complexity index is 984. The van der Waals surface area contributed by atoms with Crippen LogP contribution in [0.4, 0.5) is 10.8 Å². The van der Waals surface area contributed by atoms with Gasteiger partial charge in [-0.05, 0) is 35.3 Å². The molecule has 3 heterocycles. The average Bonchev–Trinajstić information content (AvgIpc) is 3.25. The monoisotopic (exact) mass is 373 g/mol. The molecule has 0 fully saturated rings. The largest absolute Gasteiger partial charge is 0.497 e. The Morgan fingerprint density at radius 3 is 3.04 bits per heavy atom. The Labute approximate surface area is 150 Å². The maximum absolute atomic E-state index is 5.22. The van der Waals surface area contributed by atoms with Crippen LogP contribution in [0.25, 0.3) is 10.2 Å². The number of thiophene rings is 1. The first kappa shape index (κ1) is 15.3. The van der Waals surface area contributed by atoms with Crippen LogP contribution in [0.2, 0.25) is 0 Å². The van der Waals surface area contributed by atoms with Crippen LogP contribution in [0.1, 0.15) is 0 Å². The van der Waals surface area contributed by atoms with Crippen LogP contribution >= 0.6 is 34.4 Å². The number of aromatic nitrogens is 4. The lowest BCUT2D eigenvalue weighted by molar-refractivity contribution is 0.415. The summed E-state index contributed by atoms with van der Waals surface area (Å²) < 4.78 is 6.05. The minimum atomic E-state index is 0.723. The van der Waals surface area contributed by atoms with Crippen molar-refractivity contribution in [2.45, 2.75) is 9.37 Å². The van der Waals surface area contributed by atoms with Crippen LogP contribution in [0.3, 0.4) is 0 Å². The predicted molar refractivity (Wildman–Crippen MR) is 97.7 cm³/mol. The molecule has 0 saturated carbocycles. The summed E-state index contributed by atoms with van der Waals surface area (Å²) >= 11 is 4.58. The van der Waals surface area contributed by atoms with E-state index in [0.29, 0.717) is 0 Å². The molecule has 1 aromatic carbocycles. The van der Waals surface area contributed by atoms with Gasteiger partial charge in [-0.25, -0.2) is 9.97 Å². The molecule has 0 unspecified atom stereocenters. The van der Waals surface area contributed by atoms with Gasteiger partial charge < -0.3 is 10.1 Å². The van der Waals surface area contributed by atoms with Gasteiger partial charge >= 0.3 is 0 Å². The lowest BCUT2D eigenvalue weighted by Crippen LogP contribution is -1.90. The van der Waals surface area contributed by atoms with Crippen molar-refractivity contribution in [1.29, 1.82) is 0 Å². The highest BCUT2D eigenvalue weighted by molar-refractivity contribution is 8.01. The molecule has 4 aromatic rings. The van der Waals surface area contributed by atoms with E-state index in [9.17, 15) is 0 Å². The molecular weight excluding hydrogens is 362 g/mol. The fourth-order valence-electron chi connectivity index (χ4n) is 2.06. The van der Waals surface area contributed by atoms with Crippen molar-refractivity contribution in [3.63, 3.8) is 0 Å². The van der Waals surface area contributed by atoms with Crippen molar-refractivity contribution in [3.05, 3.63) is 42.0 Å². The number of ether oxygens (including phenoxy) is 1. The maximum Gasteiger partial charge on any atom is 0.210 e. The van der Waals surface area contributed by atoms with Crippen LogP contribution < -0.4 is 10.1 Å². The highest BCUT2D eigenvalue weighted by atomic mass is 32.2. The van der Waals surface area contributed by atoms with E-state index in [1.807, 2.05) is 35.7 Å². The second-order valence-corrected chi connectivity index (χ2v) is 7.76. The second kappa shape index (κ2) is 6.71. The van der Waals surface area contributed by atoms with E-state index in [-0.39, 0.29) is 0 Å². The molecule has 0 spiro atoms. The molecule has 120 valence electrons. The summed E-state index contributed by atoms with van der Waals surface area (Å²) in [5, 5.41) is 16.3. The number of nitrogens with one attached hydrogen (secondary N) is 1. The van der Waals surface area contributed by atoms with Crippen LogP contribution in [0.5, 0.6) is 5.75 Å². The van der Waals surface area contributed by atoms with Crippen LogP contribution in [0, 0.1) is 0 Å². The van der Waals surface area contributed by atoms with Gasteiger partial charge in [0.25, 0.3) is 0 Å². The lowest BCUT2D eigenvalue weighted by Gasteiger charge is -2.04. The molecule has 9 heteroatoms. The van der Waals surface area contributed by atoms with Gasteiger partial charge in [0.2, 0.25) is 5.13 Å². The molecule has 0 bridgehead atoms. The summed E-state index contributed by atoms with van der Waals surface area (Å²) in [6.07, 6.45) is 1.58. The van der Waals surface area contributed by atoms with Crippen molar-refractivity contribution < 1.29 is 4.74 Å². The van der Waals surface area contributed by atoms with Crippen molar-refractivity contribution in [2.75, 3.05) is 12.4 Å². The molecule has 24 heavy (non-hydrogen) atoms. The zero-order chi connectivity index (χ0) is 16.4. The Hall–Kier alpha value is -2.23. The predicted octanol–water partition coefficient (Wildman–Crippen LogP) is 4.45. The third-order valence-electron chi connectivity index (χ3n) is 3.14. The quantitative estimate of drug-likeness (QED) is 0.518. The Morgan fingerprint density at radius 1 is 1.17 bits per heavy atom. The third kappa shape index (κ3) is 3.18. The number of benzene rings is 1. The first-order valence-corrected chi connectivity index (χ1v) is 9.44. The van der Waals surface area contributed by atoms with Gasteiger partial charge in [-0.3, -0.25) is 0 Å². The van der Waals surface area contributed by atoms with Gasteiger partial charge in [0.05, 0.1) is 7.11 Å². The number of rotatable bonds is 5. The second-order valence-electron chi connectivity index (χ2n) is 4.65. The van der Waals surface area contributed by atoms with Gasteiger partial charge in [0.15, 0.2) is 4.34 Å². The normalized spacial score (nSPS) is 10.9. The lowest BCUT2D eigenvalue weighted by atomic mass is 10.3. The molecule has 1 N–H and O–H groups in total. The average molecular weight is 373 g/mol. The van der Waals surface area contributed by atoms with Gasteiger partial charge in [0, 0.05) is 17.1 Å². The molecule has 0 aliphatic carbocycles. The molecule has 4 rings (SSSR count). The van der Waals surface area contributed by atoms with Crippen LogP contribution in [0.15, 0.2) is 51.4 Å². The van der Waals surface area contributed by atoms with Gasteiger partial charge in [-0.2, -0.15) is 0 Å². The van der Waals surface area contributed by atoms with Gasteiger partial charge in [-0.15, -0.1) is 21.5 Å². The van der Waals surface area contributed by atoms with Crippen molar-refractivity contribution in [3.8, 4) is 5.75 Å². The highest BCUT2D eigenvalue weighted by Gasteiger charge is 2.11. The minimum Gasteiger partial charge on any atom is -0.497 e. The number of anilines is 2. The first-order valence-electron chi connectivity index (χ1n) is 6.92. The molecule has 3 aromatic heterocycles.